The Hall–Kier alpha value is -1.72. The van der Waals surface area contributed by atoms with E-state index >= 15 is 0 Å². The van der Waals surface area contributed by atoms with E-state index in [0.717, 1.165) is 56.6 Å². The van der Waals surface area contributed by atoms with E-state index in [0.29, 0.717) is 6.61 Å². The average molecular weight is 527 g/mol. The molecule has 0 saturated heterocycles. The Bertz CT molecular complexity index is 823. The summed E-state index contributed by atoms with van der Waals surface area (Å²) in [7, 11) is 5.61. The Morgan fingerprint density at radius 2 is 2.17 bits per heavy atom. The third-order valence-electron chi connectivity index (χ3n) is 5.18. The van der Waals surface area contributed by atoms with Crippen molar-refractivity contribution in [2.45, 2.75) is 52.0 Å². The van der Waals surface area contributed by atoms with Gasteiger partial charge in [-0.05, 0) is 31.1 Å². The molecule has 30 heavy (non-hydrogen) atoms. The van der Waals surface area contributed by atoms with Gasteiger partial charge in [-0.15, -0.1) is 24.0 Å². The molecule has 1 aliphatic heterocycles. The van der Waals surface area contributed by atoms with Crippen LogP contribution in [0.15, 0.2) is 29.3 Å². The van der Waals surface area contributed by atoms with Crippen molar-refractivity contribution in [1.29, 1.82) is 0 Å². The molecule has 0 spiro atoms. The van der Waals surface area contributed by atoms with Crippen LogP contribution in [0.5, 0.6) is 0 Å². The average Bonchev–Trinajstić information content (AvgIpc) is 3.13. The van der Waals surface area contributed by atoms with E-state index < -0.39 is 0 Å². The van der Waals surface area contributed by atoms with E-state index in [2.05, 4.69) is 68.8 Å². The molecule has 0 bridgehead atoms. The highest BCUT2D eigenvalue weighted by atomic mass is 127. The lowest BCUT2D eigenvalue weighted by Crippen LogP contribution is -2.46. The summed E-state index contributed by atoms with van der Waals surface area (Å²) in [6, 6.07) is 8.98. The number of nitrogens with zero attached hydrogens (tertiary/aromatic N) is 5. The summed E-state index contributed by atoms with van der Waals surface area (Å²) in [5.41, 5.74) is 2.58. The molecular formula is C21H34IN7O. The summed E-state index contributed by atoms with van der Waals surface area (Å²) >= 11 is 0. The lowest BCUT2D eigenvalue weighted by Gasteiger charge is -2.25. The summed E-state index contributed by atoms with van der Waals surface area (Å²) in [4.78, 5) is 11.2. The molecule has 0 saturated carbocycles. The van der Waals surface area contributed by atoms with Gasteiger partial charge >= 0.3 is 0 Å². The smallest absolute Gasteiger partial charge is 0.191 e. The van der Waals surface area contributed by atoms with Crippen LogP contribution >= 0.6 is 24.0 Å². The monoisotopic (exact) mass is 527 g/mol. The summed E-state index contributed by atoms with van der Waals surface area (Å²) in [6.07, 6.45) is 1.91. The van der Waals surface area contributed by atoms with Crippen molar-refractivity contribution < 1.29 is 4.74 Å². The first-order valence-electron chi connectivity index (χ1n) is 10.3. The topological polar surface area (TPSA) is 79.6 Å². The largest absolute Gasteiger partial charge is 0.377 e. The first kappa shape index (κ1) is 24.5. The summed E-state index contributed by atoms with van der Waals surface area (Å²) in [5.74, 6) is 2.60. The fourth-order valence-electron chi connectivity index (χ4n) is 3.50. The molecule has 2 N–H and O–H groups in total. The predicted molar refractivity (Wildman–Crippen MR) is 130 cm³/mol. The minimum Gasteiger partial charge on any atom is -0.377 e. The maximum Gasteiger partial charge on any atom is 0.191 e. The van der Waals surface area contributed by atoms with Crippen molar-refractivity contribution in [3.63, 3.8) is 0 Å². The molecule has 0 radical (unpaired) electrons. The number of hydrogen-bond donors (Lipinski definition) is 2. The second kappa shape index (κ2) is 12.2. The lowest BCUT2D eigenvalue weighted by atomic mass is 10.1. The molecule has 1 aliphatic rings. The van der Waals surface area contributed by atoms with Crippen molar-refractivity contribution in [1.82, 2.24) is 30.3 Å². The third kappa shape index (κ3) is 6.92. The zero-order chi connectivity index (χ0) is 20.6. The molecule has 1 atom stereocenters. The van der Waals surface area contributed by atoms with Gasteiger partial charge in [-0.3, -0.25) is 4.99 Å². The SMILES string of the molecule is CCN(C)Cc1cccc(CNC(=NC)NC2CCc3nc(COC)nn3C2)c1.I. The molecular weight excluding hydrogens is 493 g/mol. The predicted octanol–water partition coefficient (Wildman–Crippen LogP) is 2.17. The highest BCUT2D eigenvalue weighted by molar-refractivity contribution is 14.0. The Kier molecular flexibility index (Phi) is 9.99. The Balaban J connectivity index is 0.00000320. The molecule has 9 heteroatoms. The number of guanidine groups is 1. The Morgan fingerprint density at radius 3 is 2.90 bits per heavy atom. The van der Waals surface area contributed by atoms with Gasteiger partial charge in [0.15, 0.2) is 11.8 Å². The van der Waals surface area contributed by atoms with E-state index in [4.69, 9.17) is 4.74 Å². The molecule has 2 heterocycles. The molecule has 1 unspecified atom stereocenters. The molecule has 166 valence electrons. The van der Waals surface area contributed by atoms with Crippen molar-refractivity contribution >= 4 is 29.9 Å². The van der Waals surface area contributed by atoms with Gasteiger partial charge in [0.05, 0.1) is 6.54 Å². The van der Waals surface area contributed by atoms with Crippen molar-refractivity contribution in [2.75, 3.05) is 27.7 Å². The van der Waals surface area contributed by atoms with Crippen molar-refractivity contribution in [3.05, 3.63) is 47.0 Å². The van der Waals surface area contributed by atoms with Crippen LogP contribution in [0, 0.1) is 0 Å². The maximum absolute atomic E-state index is 5.14. The highest BCUT2D eigenvalue weighted by Crippen LogP contribution is 2.13. The fraction of sp³-hybridized carbons (Fsp3) is 0.571. The van der Waals surface area contributed by atoms with Gasteiger partial charge in [0.1, 0.15) is 12.4 Å². The van der Waals surface area contributed by atoms with Crippen LogP contribution in [0.25, 0.3) is 0 Å². The van der Waals surface area contributed by atoms with Gasteiger partial charge in [0, 0.05) is 39.7 Å². The molecule has 3 rings (SSSR count). The minimum atomic E-state index is 0. The molecule has 2 aromatic rings. The first-order chi connectivity index (χ1) is 14.1. The number of rotatable bonds is 8. The van der Waals surface area contributed by atoms with E-state index in [9.17, 15) is 0 Å². The molecule has 0 fully saturated rings. The lowest BCUT2D eigenvalue weighted by molar-refractivity contribution is 0.177. The summed E-state index contributed by atoms with van der Waals surface area (Å²) in [5, 5.41) is 11.5. The number of aryl methyl sites for hydroxylation is 1. The number of aromatic nitrogens is 3. The second-order valence-electron chi connectivity index (χ2n) is 7.52. The summed E-state index contributed by atoms with van der Waals surface area (Å²) in [6.45, 7) is 6.15. The zero-order valence-electron chi connectivity index (χ0n) is 18.4. The van der Waals surface area contributed by atoms with Crippen LogP contribution in [0.1, 0.15) is 36.1 Å². The second-order valence-corrected chi connectivity index (χ2v) is 7.52. The number of benzene rings is 1. The Morgan fingerprint density at radius 1 is 1.37 bits per heavy atom. The molecule has 0 aliphatic carbocycles. The van der Waals surface area contributed by atoms with E-state index in [1.807, 2.05) is 11.7 Å². The van der Waals surface area contributed by atoms with Crippen molar-refractivity contribution in [3.8, 4) is 0 Å². The number of methoxy groups -OCH3 is 1. The van der Waals surface area contributed by atoms with Crippen LogP contribution in [0.2, 0.25) is 0 Å². The number of ether oxygens (including phenoxy) is 1. The van der Waals surface area contributed by atoms with Gasteiger partial charge in [-0.2, -0.15) is 5.10 Å². The van der Waals surface area contributed by atoms with Gasteiger partial charge in [0.2, 0.25) is 0 Å². The van der Waals surface area contributed by atoms with E-state index in [-0.39, 0.29) is 30.0 Å². The van der Waals surface area contributed by atoms with Crippen LogP contribution < -0.4 is 10.6 Å². The fourth-order valence-corrected chi connectivity index (χ4v) is 3.50. The van der Waals surface area contributed by atoms with E-state index in [1.165, 1.54) is 11.1 Å². The Labute approximate surface area is 196 Å². The van der Waals surface area contributed by atoms with Gasteiger partial charge in [0.25, 0.3) is 0 Å². The number of halogens is 1. The molecule has 1 aromatic heterocycles. The van der Waals surface area contributed by atoms with Crippen LogP contribution in [-0.4, -0.2) is 59.4 Å². The van der Waals surface area contributed by atoms with E-state index in [1.54, 1.807) is 7.11 Å². The van der Waals surface area contributed by atoms with Gasteiger partial charge < -0.3 is 20.3 Å². The van der Waals surface area contributed by atoms with Gasteiger partial charge in [-0.1, -0.05) is 31.2 Å². The number of hydrogen-bond acceptors (Lipinski definition) is 5. The number of fused-ring (bicyclic) bond motifs is 1. The normalized spacial score (nSPS) is 16.2. The zero-order valence-corrected chi connectivity index (χ0v) is 20.7. The quantitative estimate of drug-likeness (QED) is 0.311. The third-order valence-corrected chi connectivity index (χ3v) is 5.18. The van der Waals surface area contributed by atoms with Crippen LogP contribution in [0.4, 0.5) is 0 Å². The number of nitrogens with one attached hydrogen (secondary N) is 2. The maximum atomic E-state index is 5.14. The molecule has 8 nitrogen and oxygen atoms in total. The van der Waals surface area contributed by atoms with Crippen LogP contribution in [-0.2, 0) is 37.4 Å². The van der Waals surface area contributed by atoms with Crippen LogP contribution in [0.3, 0.4) is 0 Å². The minimum absolute atomic E-state index is 0. The van der Waals surface area contributed by atoms with Gasteiger partial charge in [-0.25, -0.2) is 9.67 Å². The summed E-state index contributed by atoms with van der Waals surface area (Å²) < 4.78 is 7.12. The standard InChI is InChI=1S/C21H33N7O.HI/c1-5-27(3)13-17-8-6-7-16(11-17)12-23-21(22-2)24-18-9-10-20-25-19(15-29-4)26-28(20)14-18;/h6-8,11,18H,5,9-10,12-15H2,1-4H3,(H2,22,23,24);1H. The first-order valence-corrected chi connectivity index (χ1v) is 10.3. The molecule has 1 aromatic carbocycles. The number of aliphatic imine (C=N–C) groups is 1. The van der Waals surface area contributed by atoms with Crippen molar-refractivity contribution in [2.24, 2.45) is 4.99 Å². The highest BCUT2D eigenvalue weighted by Gasteiger charge is 2.22. The molecule has 0 amide bonds.